The molecule has 0 saturated heterocycles. The van der Waals surface area contributed by atoms with Crippen LogP contribution in [0.5, 0.6) is 0 Å². The van der Waals surface area contributed by atoms with Crippen LogP contribution in [0.25, 0.3) is 100 Å². The van der Waals surface area contributed by atoms with Crippen LogP contribution in [-0.2, 0) is 0 Å². The number of hydrogen-bond acceptors (Lipinski definition) is 5. The Balaban J connectivity index is 1.15. The van der Waals surface area contributed by atoms with Gasteiger partial charge in [0.1, 0.15) is 16.8 Å². The maximum absolute atomic E-state index is 6.49. The first-order chi connectivity index (χ1) is 26.8. The molecule has 0 fully saturated rings. The van der Waals surface area contributed by atoms with E-state index < -0.39 is 0 Å². The molecule has 1 aliphatic rings. The van der Waals surface area contributed by atoms with Crippen LogP contribution >= 0.6 is 11.8 Å². The van der Waals surface area contributed by atoms with Crippen molar-refractivity contribution in [2.75, 3.05) is 0 Å². The molecule has 1 aliphatic heterocycles. The molecule has 0 spiro atoms. The Bertz CT molecular complexity index is 3310. The van der Waals surface area contributed by atoms with Gasteiger partial charge < -0.3 is 4.42 Å². The van der Waals surface area contributed by atoms with Gasteiger partial charge in [0, 0.05) is 53.5 Å². The molecule has 54 heavy (non-hydrogen) atoms. The van der Waals surface area contributed by atoms with Gasteiger partial charge in [0.15, 0.2) is 17.5 Å². The number of fused-ring (bicyclic) bond motifs is 10. The SMILES string of the molecule is c1ccc(-c2nc(-c3cccc4c3Sc3cccc5c6c7ccccc7n(-c7ccccc7)c6n-4c35)nc(-c3cccc4c3oc3ccccc34)n2)cc1. The number of para-hydroxylation sites is 5. The molecule has 5 heterocycles. The molecule has 12 rings (SSSR count). The Morgan fingerprint density at radius 2 is 1.13 bits per heavy atom. The summed E-state index contributed by atoms with van der Waals surface area (Å²) in [5, 5.41) is 5.82. The minimum atomic E-state index is 0.567. The van der Waals surface area contributed by atoms with Crippen LogP contribution in [0.2, 0.25) is 0 Å². The highest BCUT2D eigenvalue weighted by Crippen LogP contribution is 2.51. The second kappa shape index (κ2) is 11.3. The quantitative estimate of drug-likeness (QED) is 0.182. The van der Waals surface area contributed by atoms with Crippen molar-refractivity contribution >= 4 is 66.5 Å². The zero-order chi connectivity index (χ0) is 35.3. The molecule has 0 aliphatic carbocycles. The van der Waals surface area contributed by atoms with Gasteiger partial charge in [-0.3, -0.25) is 9.13 Å². The van der Waals surface area contributed by atoms with Gasteiger partial charge in [-0.25, -0.2) is 15.0 Å². The maximum atomic E-state index is 6.49. The highest BCUT2D eigenvalue weighted by atomic mass is 32.2. The highest BCUT2D eigenvalue weighted by Gasteiger charge is 2.30. The van der Waals surface area contributed by atoms with E-state index >= 15 is 0 Å². The number of benzene rings is 7. The lowest BCUT2D eigenvalue weighted by Gasteiger charge is -2.23. The average Bonchev–Trinajstić information content (AvgIpc) is 3.90. The molecule has 11 aromatic rings. The summed E-state index contributed by atoms with van der Waals surface area (Å²) in [6.45, 7) is 0. The van der Waals surface area contributed by atoms with E-state index in [2.05, 4.69) is 118 Å². The van der Waals surface area contributed by atoms with E-state index in [1.165, 1.54) is 32.1 Å². The van der Waals surface area contributed by atoms with Gasteiger partial charge >= 0.3 is 0 Å². The minimum Gasteiger partial charge on any atom is -0.455 e. The molecular formula is C47H27N5OS. The fourth-order valence-electron chi connectivity index (χ4n) is 8.27. The zero-order valence-corrected chi connectivity index (χ0v) is 29.5. The van der Waals surface area contributed by atoms with E-state index in [1.807, 2.05) is 54.6 Å². The number of aromatic nitrogens is 5. The van der Waals surface area contributed by atoms with Gasteiger partial charge in [-0.2, -0.15) is 0 Å². The second-order valence-electron chi connectivity index (χ2n) is 13.6. The van der Waals surface area contributed by atoms with Crippen molar-refractivity contribution in [3.8, 4) is 45.5 Å². The summed E-state index contributed by atoms with van der Waals surface area (Å²) in [4.78, 5) is 17.9. The van der Waals surface area contributed by atoms with Crippen LogP contribution in [0.4, 0.5) is 0 Å². The highest BCUT2D eigenvalue weighted by molar-refractivity contribution is 8.00. The molecule has 0 atom stereocenters. The molecule has 0 radical (unpaired) electrons. The Hall–Kier alpha value is -6.96. The number of rotatable bonds is 4. The second-order valence-corrected chi connectivity index (χ2v) is 14.6. The van der Waals surface area contributed by atoms with E-state index in [0.717, 1.165) is 60.5 Å². The predicted octanol–water partition coefficient (Wildman–Crippen LogP) is 12.3. The standard InChI is InChI=1S/C47H27N5OS/c1-3-14-28(15-4-1)44-48-45(34-22-11-20-31-30-18-8-10-26-38(30)53-42(31)34)50-46(49-44)35-23-12-25-37-43(35)54-39-27-13-21-33-40-32-19-7-9-24-36(32)51(29-16-5-2-6-17-29)47(40)52(37)41(33)39/h1-27H. The van der Waals surface area contributed by atoms with Crippen LogP contribution in [0.1, 0.15) is 0 Å². The van der Waals surface area contributed by atoms with Crippen molar-refractivity contribution < 1.29 is 4.42 Å². The smallest absolute Gasteiger partial charge is 0.167 e. The van der Waals surface area contributed by atoms with Gasteiger partial charge in [0.2, 0.25) is 0 Å². The van der Waals surface area contributed by atoms with Crippen LogP contribution in [-0.4, -0.2) is 24.1 Å². The van der Waals surface area contributed by atoms with Crippen molar-refractivity contribution in [3.63, 3.8) is 0 Å². The topological polar surface area (TPSA) is 61.7 Å². The molecule has 0 bridgehead atoms. The third kappa shape index (κ3) is 4.15. The Morgan fingerprint density at radius 1 is 0.481 bits per heavy atom. The summed E-state index contributed by atoms with van der Waals surface area (Å²) in [5.74, 6) is 1.79. The van der Waals surface area contributed by atoms with Crippen molar-refractivity contribution in [1.29, 1.82) is 0 Å². The first-order valence-corrected chi connectivity index (χ1v) is 18.8. The summed E-state index contributed by atoms with van der Waals surface area (Å²) in [7, 11) is 0. The summed E-state index contributed by atoms with van der Waals surface area (Å²) >= 11 is 1.78. The molecule has 7 aromatic carbocycles. The Labute approximate surface area is 313 Å². The zero-order valence-electron chi connectivity index (χ0n) is 28.6. The number of hydrogen-bond donors (Lipinski definition) is 0. The first kappa shape index (κ1) is 29.6. The fourth-order valence-corrected chi connectivity index (χ4v) is 9.47. The summed E-state index contributed by atoms with van der Waals surface area (Å²) < 4.78 is 11.3. The molecule has 0 amide bonds. The van der Waals surface area contributed by atoms with E-state index in [1.54, 1.807) is 11.8 Å². The largest absolute Gasteiger partial charge is 0.455 e. The van der Waals surface area contributed by atoms with Crippen molar-refractivity contribution in [1.82, 2.24) is 24.1 Å². The first-order valence-electron chi connectivity index (χ1n) is 18.0. The van der Waals surface area contributed by atoms with E-state index in [0.29, 0.717) is 17.5 Å². The molecule has 252 valence electrons. The minimum absolute atomic E-state index is 0.567. The summed E-state index contributed by atoms with van der Waals surface area (Å²) in [5.41, 5.74) is 10.0. The predicted molar refractivity (Wildman–Crippen MR) is 219 cm³/mol. The normalized spacial score (nSPS) is 12.4. The van der Waals surface area contributed by atoms with Gasteiger partial charge in [0.05, 0.1) is 22.3 Å². The van der Waals surface area contributed by atoms with Crippen LogP contribution in [0.3, 0.4) is 0 Å². The Kier molecular flexibility index (Phi) is 6.18. The van der Waals surface area contributed by atoms with Gasteiger partial charge in [-0.05, 0) is 48.5 Å². The lowest BCUT2D eigenvalue weighted by atomic mass is 10.1. The lowest BCUT2D eigenvalue weighted by molar-refractivity contribution is 0.669. The van der Waals surface area contributed by atoms with Crippen molar-refractivity contribution in [2.45, 2.75) is 9.79 Å². The molecule has 0 unspecified atom stereocenters. The third-order valence-corrected chi connectivity index (χ3v) is 11.8. The summed E-state index contributed by atoms with van der Waals surface area (Å²) in [6, 6.07) is 57.0. The van der Waals surface area contributed by atoms with Crippen molar-refractivity contribution in [3.05, 3.63) is 164 Å². The van der Waals surface area contributed by atoms with Crippen LogP contribution < -0.4 is 0 Å². The van der Waals surface area contributed by atoms with E-state index in [-0.39, 0.29) is 0 Å². The monoisotopic (exact) mass is 709 g/mol. The van der Waals surface area contributed by atoms with Gasteiger partial charge in [-0.15, -0.1) is 0 Å². The molecular weight excluding hydrogens is 683 g/mol. The third-order valence-electron chi connectivity index (χ3n) is 10.6. The maximum Gasteiger partial charge on any atom is 0.167 e. The lowest BCUT2D eigenvalue weighted by Crippen LogP contribution is -2.07. The summed E-state index contributed by atoms with van der Waals surface area (Å²) in [6.07, 6.45) is 0. The molecule has 0 N–H and O–H groups in total. The van der Waals surface area contributed by atoms with Crippen LogP contribution in [0.15, 0.2) is 178 Å². The molecule has 7 heteroatoms. The molecule has 6 nitrogen and oxygen atoms in total. The molecule has 0 saturated carbocycles. The number of furan rings is 1. The fraction of sp³-hybridized carbons (Fsp3) is 0. The van der Waals surface area contributed by atoms with Gasteiger partial charge in [-0.1, -0.05) is 127 Å². The Morgan fingerprint density at radius 3 is 2.00 bits per heavy atom. The molecule has 4 aromatic heterocycles. The van der Waals surface area contributed by atoms with Crippen molar-refractivity contribution in [2.24, 2.45) is 0 Å². The average molecular weight is 710 g/mol. The number of nitrogens with zero attached hydrogens (tertiary/aromatic N) is 5. The van der Waals surface area contributed by atoms with Gasteiger partial charge in [0.25, 0.3) is 0 Å². The van der Waals surface area contributed by atoms with Crippen LogP contribution in [0, 0.1) is 0 Å². The van der Waals surface area contributed by atoms with E-state index in [4.69, 9.17) is 19.4 Å². The van der Waals surface area contributed by atoms with E-state index in [9.17, 15) is 0 Å².